The summed E-state index contributed by atoms with van der Waals surface area (Å²) in [5.74, 6) is -0.238. The first kappa shape index (κ1) is 9.65. The maximum Gasteiger partial charge on any atom is 0.224 e. The van der Waals surface area contributed by atoms with Crippen molar-refractivity contribution in [3.63, 3.8) is 0 Å². The minimum atomic E-state index is -0.400. The smallest absolute Gasteiger partial charge is 0.224 e. The van der Waals surface area contributed by atoms with Gasteiger partial charge in [-0.05, 0) is 40.4 Å². The molecule has 1 aromatic heterocycles. The van der Waals surface area contributed by atoms with Crippen molar-refractivity contribution in [2.75, 3.05) is 0 Å². The van der Waals surface area contributed by atoms with Gasteiger partial charge in [-0.15, -0.1) is 0 Å². The highest BCUT2D eigenvalue weighted by atomic mass is 79.9. The molecule has 0 saturated heterocycles. The lowest BCUT2D eigenvalue weighted by Crippen LogP contribution is -2.25. The van der Waals surface area contributed by atoms with Gasteiger partial charge in [0.15, 0.2) is 0 Å². The Labute approximate surface area is 90.8 Å². The summed E-state index contributed by atoms with van der Waals surface area (Å²) in [6, 6.07) is 1.93. The molecule has 0 atom stereocenters. The van der Waals surface area contributed by atoms with Gasteiger partial charge in [-0.3, -0.25) is 9.78 Å². The number of primary amides is 1. The third-order valence-electron chi connectivity index (χ3n) is 2.45. The molecule has 1 saturated carbocycles. The quantitative estimate of drug-likeness (QED) is 0.891. The van der Waals surface area contributed by atoms with E-state index in [1.54, 1.807) is 12.4 Å². The van der Waals surface area contributed by atoms with Crippen LogP contribution in [-0.4, -0.2) is 10.9 Å². The van der Waals surface area contributed by atoms with Crippen LogP contribution in [0, 0.1) is 11.8 Å². The first-order chi connectivity index (χ1) is 6.62. The molecule has 0 aromatic carbocycles. The number of halogens is 1. The minimum absolute atomic E-state index is 0.238. The Morgan fingerprint density at radius 2 is 2.29 bits per heavy atom. The van der Waals surface area contributed by atoms with Gasteiger partial charge in [-0.25, -0.2) is 0 Å². The molecule has 0 bridgehead atoms. The summed E-state index contributed by atoms with van der Waals surface area (Å²) in [6.07, 6.45) is 7.06. The molecule has 0 spiro atoms. The summed E-state index contributed by atoms with van der Waals surface area (Å²) < 4.78 is 0.909. The zero-order valence-corrected chi connectivity index (χ0v) is 9.12. The highest BCUT2D eigenvalue weighted by molar-refractivity contribution is 9.10. The van der Waals surface area contributed by atoms with Crippen molar-refractivity contribution >= 4 is 21.8 Å². The van der Waals surface area contributed by atoms with Gasteiger partial charge in [-0.1, -0.05) is 0 Å². The molecular weight excluding hydrogens is 244 g/mol. The van der Waals surface area contributed by atoms with E-state index < -0.39 is 5.41 Å². The number of amides is 1. The molecule has 1 aliphatic carbocycles. The van der Waals surface area contributed by atoms with Crippen LogP contribution in [0.4, 0.5) is 0 Å². The van der Waals surface area contributed by atoms with Crippen LogP contribution < -0.4 is 5.73 Å². The molecule has 73 valence electrons. The Morgan fingerprint density at radius 1 is 1.57 bits per heavy atom. The molecule has 14 heavy (non-hydrogen) atoms. The lowest BCUT2D eigenvalue weighted by molar-refractivity contribution is -0.121. The van der Waals surface area contributed by atoms with E-state index >= 15 is 0 Å². The van der Waals surface area contributed by atoms with Gasteiger partial charge < -0.3 is 5.73 Å². The second kappa shape index (κ2) is 3.35. The topological polar surface area (TPSA) is 56.0 Å². The molecule has 4 heteroatoms. The number of pyridine rings is 1. The van der Waals surface area contributed by atoms with Crippen LogP contribution in [0.5, 0.6) is 0 Å². The highest BCUT2D eigenvalue weighted by Crippen LogP contribution is 2.49. The lowest BCUT2D eigenvalue weighted by atomic mass is 9.97. The summed E-state index contributed by atoms with van der Waals surface area (Å²) >= 11 is 3.33. The van der Waals surface area contributed by atoms with Crippen LogP contribution in [0.1, 0.15) is 18.4 Å². The Balaban J connectivity index is 2.15. The number of nitrogens with zero attached hydrogens (tertiary/aromatic N) is 1. The monoisotopic (exact) mass is 253 g/mol. The van der Waals surface area contributed by atoms with Crippen LogP contribution in [0.25, 0.3) is 0 Å². The number of hydrogen-bond acceptors (Lipinski definition) is 2. The van der Waals surface area contributed by atoms with Gasteiger partial charge >= 0.3 is 0 Å². The van der Waals surface area contributed by atoms with Crippen molar-refractivity contribution in [2.24, 2.45) is 11.1 Å². The van der Waals surface area contributed by atoms with E-state index in [1.807, 2.05) is 12.5 Å². The number of nitrogens with two attached hydrogens (primary N) is 1. The standard InChI is InChI=1S/C10H10BrN2O/c11-8-3-7(5-13-6-8)4-10(1-2-10)9(12)14/h3-6H,1-2H2,(H2,12,14). The Morgan fingerprint density at radius 3 is 2.79 bits per heavy atom. The molecular formula is C10H10BrN2O. The molecule has 3 nitrogen and oxygen atoms in total. The van der Waals surface area contributed by atoms with Gasteiger partial charge in [0.05, 0.1) is 5.41 Å². The third kappa shape index (κ3) is 1.80. The predicted octanol–water partition coefficient (Wildman–Crippen LogP) is 1.66. The molecule has 1 amide bonds. The van der Waals surface area contributed by atoms with E-state index in [9.17, 15) is 4.79 Å². The number of rotatable bonds is 3. The SMILES string of the molecule is NC(=O)C1([CH]c2cncc(Br)c2)CC1. The fraction of sp³-hybridized carbons (Fsp3) is 0.300. The highest BCUT2D eigenvalue weighted by Gasteiger charge is 2.48. The normalized spacial score (nSPS) is 17.8. The van der Waals surface area contributed by atoms with Crippen LogP contribution in [0.3, 0.4) is 0 Å². The summed E-state index contributed by atoms with van der Waals surface area (Å²) in [6.45, 7) is 0. The summed E-state index contributed by atoms with van der Waals surface area (Å²) in [7, 11) is 0. The second-order valence-electron chi connectivity index (χ2n) is 3.60. The molecule has 1 fully saturated rings. The minimum Gasteiger partial charge on any atom is -0.369 e. The van der Waals surface area contributed by atoms with Gasteiger partial charge in [0.1, 0.15) is 0 Å². The van der Waals surface area contributed by atoms with Gasteiger partial charge in [-0.2, -0.15) is 0 Å². The molecule has 2 N–H and O–H groups in total. The summed E-state index contributed by atoms with van der Waals surface area (Å²) in [5.41, 5.74) is 5.86. The molecule has 0 aliphatic heterocycles. The van der Waals surface area contributed by atoms with Gasteiger partial charge in [0.2, 0.25) is 5.91 Å². The van der Waals surface area contributed by atoms with E-state index in [1.165, 1.54) is 0 Å². The fourth-order valence-corrected chi connectivity index (χ4v) is 1.81. The van der Waals surface area contributed by atoms with Gasteiger partial charge in [0.25, 0.3) is 0 Å². The second-order valence-corrected chi connectivity index (χ2v) is 4.52. The molecule has 2 rings (SSSR count). The summed E-state index contributed by atoms with van der Waals surface area (Å²) in [4.78, 5) is 15.2. The lowest BCUT2D eigenvalue weighted by Gasteiger charge is -2.09. The van der Waals surface area contributed by atoms with E-state index in [-0.39, 0.29) is 5.91 Å². The van der Waals surface area contributed by atoms with E-state index in [4.69, 9.17) is 5.73 Å². The number of carbonyl (C=O) groups excluding carboxylic acids is 1. The first-order valence-corrected chi connectivity index (χ1v) is 5.18. The number of hydrogen-bond donors (Lipinski definition) is 1. The zero-order chi connectivity index (χ0) is 10.2. The van der Waals surface area contributed by atoms with Gasteiger partial charge in [0, 0.05) is 23.3 Å². The van der Waals surface area contributed by atoms with E-state index in [2.05, 4.69) is 20.9 Å². The first-order valence-electron chi connectivity index (χ1n) is 4.39. The average molecular weight is 254 g/mol. The molecule has 0 unspecified atom stereocenters. The van der Waals surface area contributed by atoms with Crippen LogP contribution >= 0.6 is 15.9 Å². The van der Waals surface area contributed by atoms with Crippen LogP contribution in [0.2, 0.25) is 0 Å². The largest absolute Gasteiger partial charge is 0.369 e. The third-order valence-corrected chi connectivity index (χ3v) is 2.88. The summed E-state index contributed by atoms with van der Waals surface area (Å²) in [5, 5.41) is 0. The van der Waals surface area contributed by atoms with Crippen molar-refractivity contribution in [3.8, 4) is 0 Å². The maximum atomic E-state index is 11.1. The van der Waals surface area contributed by atoms with Crippen molar-refractivity contribution in [3.05, 3.63) is 34.9 Å². The molecule has 1 aliphatic rings. The van der Waals surface area contributed by atoms with Crippen LogP contribution in [-0.2, 0) is 4.79 Å². The van der Waals surface area contributed by atoms with E-state index in [0.29, 0.717) is 0 Å². The fourth-order valence-electron chi connectivity index (χ4n) is 1.42. The average Bonchev–Trinajstić information content (AvgIpc) is 2.85. The number of carbonyl (C=O) groups is 1. The van der Waals surface area contributed by atoms with Crippen molar-refractivity contribution in [2.45, 2.75) is 12.8 Å². The molecule has 1 heterocycles. The zero-order valence-electron chi connectivity index (χ0n) is 7.53. The number of aromatic nitrogens is 1. The molecule has 1 radical (unpaired) electrons. The van der Waals surface area contributed by atoms with Crippen LogP contribution in [0.15, 0.2) is 22.9 Å². The van der Waals surface area contributed by atoms with E-state index in [0.717, 1.165) is 22.9 Å². The van der Waals surface area contributed by atoms with Crippen molar-refractivity contribution < 1.29 is 4.79 Å². The van der Waals surface area contributed by atoms with Crippen molar-refractivity contribution in [1.29, 1.82) is 0 Å². The van der Waals surface area contributed by atoms with Crippen molar-refractivity contribution in [1.82, 2.24) is 4.98 Å². The Bertz CT molecular complexity index is 374. The Kier molecular flexibility index (Phi) is 2.31. The Hall–Kier alpha value is -0.900. The molecule has 1 aromatic rings. The predicted molar refractivity (Wildman–Crippen MR) is 56.2 cm³/mol. The maximum absolute atomic E-state index is 11.1.